The largest absolute Gasteiger partial charge is 0.465 e. The van der Waals surface area contributed by atoms with E-state index in [0.717, 1.165) is 11.1 Å². The zero-order chi connectivity index (χ0) is 21.4. The van der Waals surface area contributed by atoms with Crippen LogP contribution in [0.5, 0.6) is 0 Å². The Bertz CT molecular complexity index is 1270. The van der Waals surface area contributed by atoms with Gasteiger partial charge in [0.25, 0.3) is 0 Å². The van der Waals surface area contributed by atoms with Crippen LogP contribution >= 0.6 is 0 Å². The second-order valence-corrected chi connectivity index (χ2v) is 6.88. The molecule has 4 aromatic heterocycles. The first-order chi connectivity index (χ1) is 15.2. The monoisotopic (exact) mass is 421 g/mol. The lowest BCUT2D eigenvalue weighted by Crippen LogP contribution is -2.35. The predicted molar refractivity (Wildman–Crippen MR) is 110 cm³/mol. The minimum Gasteiger partial charge on any atom is -0.465 e. The Morgan fingerprint density at radius 2 is 2.16 bits per heavy atom. The minimum atomic E-state index is -0.435. The van der Waals surface area contributed by atoms with Crippen molar-refractivity contribution < 1.29 is 14.6 Å². The molecule has 0 amide bonds. The number of carbonyl (C=O) groups is 1. The molecule has 12 heteroatoms. The highest BCUT2D eigenvalue weighted by Gasteiger charge is 2.23. The summed E-state index contributed by atoms with van der Waals surface area (Å²) in [6.45, 7) is 0.889. The average molecular weight is 421 g/mol. The first-order valence-electron chi connectivity index (χ1n) is 9.51. The number of pyridine rings is 1. The van der Waals surface area contributed by atoms with Crippen molar-refractivity contribution in [1.29, 1.82) is 0 Å². The molecule has 3 N–H and O–H groups in total. The van der Waals surface area contributed by atoms with Crippen molar-refractivity contribution >= 4 is 23.1 Å². The summed E-state index contributed by atoms with van der Waals surface area (Å²) in [7, 11) is 1.34. The van der Waals surface area contributed by atoms with Gasteiger partial charge >= 0.3 is 5.97 Å². The number of nitrogens with zero attached hydrogens (tertiary/aromatic N) is 7. The molecule has 1 aliphatic heterocycles. The number of aliphatic hydroxyl groups excluding tert-OH is 1. The smallest absolute Gasteiger partial charge is 0.341 e. The third kappa shape index (κ3) is 3.43. The molecule has 0 atom stereocenters. The Balaban J connectivity index is 1.42. The summed E-state index contributed by atoms with van der Waals surface area (Å²) in [4.78, 5) is 21.1. The van der Waals surface area contributed by atoms with Crippen molar-refractivity contribution in [3.05, 3.63) is 54.2 Å². The van der Waals surface area contributed by atoms with Crippen LogP contribution in [0.2, 0.25) is 0 Å². The summed E-state index contributed by atoms with van der Waals surface area (Å²) < 4.78 is 8.11. The Morgan fingerprint density at radius 1 is 1.26 bits per heavy atom. The van der Waals surface area contributed by atoms with E-state index in [1.807, 2.05) is 23.3 Å². The maximum absolute atomic E-state index is 12.0. The fourth-order valence-electron chi connectivity index (χ4n) is 3.38. The normalized spacial score (nSPS) is 12.8. The molecular weight excluding hydrogens is 402 g/mol. The second-order valence-electron chi connectivity index (χ2n) is 6.88. The fraction of sp³-hybridized carbons (Fsp3) is 0.211. The summed E-state index contributed by atoms with van der Waals surface area (Å²) in [5.74, 6) is 0.803. The van der Waals surface area contributed by atoms with Crippen LogP contribution in [-0.2, 0) is 17.8 Å². The van der Waals surface area contributed by atoms with Crippen LogP contribution in [0.1, 0.15) is 15.9 Å². The predicted octanol–water partition coefficient (Wildman–Crippen LogP) is 0.618. The molecule has 5 heterocycles. The third-order valence-corrected chi connectivity index (χ3v) is 4.91. The van der Waals surface area contributed by atoms with E-state index in [-0.39, 0.29) is 6.61 Å². The number of hydrazine groups is 2. The highest BCUT2D eigenvalue weighted by Crippen LogP contribution is 2.29. The lowest BCUT2D eigenvalue weighted by molar-refractivity contribution is 0.0603. The number of fused-ring (bicyclic) bond motifs is 2. The Morgan fingerprint density at radius 3 is 3.00 bits per heavy atom. The molecule has 0 fully saturated rings. The number of esters is 1. The average Bonchev–Trinajstić information content (AvgIpc) is 3.52. The van der Waals surface area contributed by atoms with Crippen molar-refractivity contribution in [2.45, 2.75) is 13.1 Å². The van der Waals surface area contributed by atoms with Crippen LogP contribution in [0.25, 0.3) is 16.8 Å². The Hall–Kier alpha value is -4.03. The number of anilines is 2. The van der Waals surface area contributed by atoms with Crippen LogP contribution in [-0.4, -0.2) is 54.2 Å². The van der Waals surface area contributed by atoms with Gasteiger partial charge in [-0.15, -0.1) is 5.53 Å². The number of nitrogens with one attached hydrogen (secondary N) is 2. The summed E-state index contributed by atoms with van der Waals surface area (Å²) in [6.07, 6.45) is 8.45. The van der Waals surface area contributed by atoms with Gasteiger partial charge in [0, 0.05) is 18.0 Å². The van der Waals surface area contributed by atoms with Crippen LogP contribution in [0, 0.1) is 0 Å². The number of aliphatic hydroxyl groups is 1. The summed E-state index contributed by atoms with van der Waals surface area (Å²) in [5, 5.41) is 19.3. The molecule has 31 heavy (non-hydrogen) atoms. The van der Waals surface area contributed by atoms with Gasteiger partial charge in [0.05, 0.1) is 56.6 Å². The summed E-state index contributed by atoms with van der Waals surface area (Å²) >= 11 is 0. The first-order valence-corrected chi connectivity index (χ1v) is 9.51. The number of methoxy groups -OCH3 is 1. The van der Waals surface area contributed by atoms with Crippen molar-refractivity contribution in [3.8, 4) is 11.3 Å². The van der Waals surface area contributed by atoms with Gasteiger partial charge in [-0.25, -0.2) is 19.3 Å². The minimum absolute atomic E-state index is 0.0117. The van der Waals surface area contributed by atoms with Gasteiger partial charge in [0.15, 0.2) is 11.6 Å². The van der Waals surface area contributed by atoms with Crippen LogP contribution < -0.4 is 16.0 Å². The Kier molecular flexibility index (Phi) is 4.69. The van der Waals surface area contributed by atoms with Gasteiger partial charge in [-0.1, -0.05) is 0 Å². The molecule has 12 nitrogen and oxygen atoms in total. The second kappa shape index (κ2) is 7.66. The summed E-state index contributed by atoms with van der Waals surface area (Å²) in [6, 6.07) is 3.80. The quantitative estimate of drug-likeness (QED) is 0.380. The Labute approximate surface area is 176 Å². The van der Waals surface area contributed by atoms with Crippen LogP contribution in [0.3, 0.4) is 0 Å². The SMILES string of the molecule is COC(=O)c1cnn2ccc(CN3NNc4ncc(-c5cnn(CCO)c5)nc43)cc12. The molecule has 0 bridgehead atoms. The van der Waals surface area contributed by atoms with Crippen molar-refractivity contribution in [2.75, 3.05) is 24.2 Å². The zero-order valence-electron chi connectivity index (χ0n) is 16.6. The molecule has 0 saturated carbocycles. The molecule has 0 aromatic carbocycles. The van der Waals surface area contributed by atoms with Gasteiger partial charge in [-0.05, 0) is 17.7 Å². The van der Waals surface area contributed by atoms with E-state index >= 15 is 0 Å². The molecule has 0 saturated heterocycles. The molecule has 4 aromatic rings. The molecule has 158 valence electrons. The highest BCUT2D eigenvalue weighted by atomic mass is 16.5. The molecule has 0 spiro atoms. The van der Waals surface area contributed by atoms with Gasteiger partial charge in [0.2, 0.25) is 0 Å². The van der Waals surface area contributed by atoms with E-state index in [1.165, 1.54) is 13.3 Å². The van der Waals surface area contributed by atoms with Crippen molar-refractivity contribution in [3.63, 3.8) is 0 Å². The molecule has 0 aliphatic carbocycles. The number of aromatic nitrogens is 6. The van der Waals surface area contributed by atoms with E-state index < -0.39 is 5.97 Å². The number of ether oxygens (including phenoxy) is 1. The topological polar surface area (TPSA) is 135 Å². The van der Waals surface area contributed by atoms with E-state index in [0.29, 0.717) is 41.5 Å². The highest BCUT2D eigenvalue weighted by molar-refractivity contribution is 5.96. The van der Waals surface area contributed by atoms with E-state index in [9.17, 15) is 4.79 Å². The molecular formula is C19H19N9O3. The third-order valence-electron chi connectivity index (χ3n) is 4.91. The molecule has 0 radical (unpaired) electrons. The van der Waals surface area contributed by atoms with Gasteiger partial charge < -0.3 is 9.84 Å². The first kappa shape index (κ1) is 19.0. The van der Waals surface area contributed by atoms with Gasteiger partial charge in [-0.2, -0.15) is 10.2 Å². The van der Waals surface area contributed by atoms with Gasteiger partial charge in [-0.3, -0.25) is 15.1 Å². The van der Waals surface area contributed by atoms with Crippen molar-refractivity contribution in [1.82, 2.24) is 34.9 Å². The van der Waals surface area contributed by atoms with E-state index in [2.05, 4.69) is 26.1 Å². The van der Waals surface area contributed by atoms with E-state index in [4.69, 9.17) is 14.8 Å². The maximum atomic E-state index is 12.0. The standard InChI is InChI=1S/C19H19N9O3/c1-31-19(30)14-8-22-27-3-2-12(6-16(14)27)10-28-18-17(24-25-28)20-9-15(23-18)13-7-21-26(11-13)4-5-29/h2-3,6-9,11,25,29H,4-5,10H2,1H3,(H,20,24). The van der Waals surface area contributed by atoms with Crippen LogP contribution in [0.15, 0.2) is 43.1 Å². The van der Waals surface area contributed by atoms with E-state index in [1.54, 1.807) is 27.8 Å². The van der Waals surface area contributed by atoms with Crippen molar-refractivity contribution in [2.24, 2.45) is 0 Å². The number of hydrogen-bond acceptors (Lipinski definition) is 10. The maximum Gasteiger partial charge on any atom is 0.341 e. The lowest BCUT2D eigenvalue weighted by Gasteiger charge is -2.17. The summed E-state index contributed by atoms with van der Waals surface area (Å²) in [5.41, 5.74) is 9.52. The zero-order valence-corrected chi connectivity index (χ0v) is 16.6. The number of rotatable bonds is 6. The molecule has 1 aliphatic rings. The molecule has 5 rings (SSSR count). The lowest BCUT2D eigenvalue weighted by atomic mass is 10.2. The van der Waals surface area contributed by atoms with Gasteiger partial charge in [0.1, 0.15) is 5.56 Å². The fourth-order valence-corrected chi connectivity index (χ4v) is 3.38. The molecule has 0 unspecified atom stereocenters. The number of hydrogen-bond donors (Lipinski definition) is 3. The number of carbonyl (C=O) groups excluding carboxylic acids is 1. The van der Waals surface area contributed by atoms with Crippen LogP contribution in [0.4, 0.5) is 11.6 Å².